The Bertz CT molecular complexity index is 364. The lowest BCUT2D eigenvalue weighted by Gasteiger charge is -2.13. The maximum absolute atomic E-state index is 4.56. The number of hydrogen-bond acceptors (Lipinski definition) is 2. The summed E-state index contributed by atoms with van der Waals surface area (Å²) in [5.41, 5.74) is 0. The molecular formula is C12H21I2N3S. The Morgan fingerprint density at radius 2 is 2.17 bits per heavy atom. The average molecular weight is 493 g/mol. The number of hydrogen-bond donors (Lipinski definition) is 2. The van der Waals surface area contributed by atoms with Crippen LogP contribution in [0.2, 0.25) is 0 Å². The van der Waals surface area contributed by atoms with E-state index in [4.69, 9.17) is 0 Å². The fourth-order valence-corrected chi connectivity index (χ4v) is 3.10. The van der Waals surface area contributed by atoms with Crippen molar-refractivity contribution in [2.24, 2.45) is 4.99 Å². The summed E-state index contributed by atoms with van der Waals surface area (Å²) in [6, 6.07) is 4.75. The summed E-state index contributed by atoms with van der Waals surface area (Å²) in [6.45, 7) is 8.05. The number of aliphatic imine (C=N–C) groups is 1. The van der Waals surface area contributed by atoms with Crippen LogP contribution >= 0.6 is 57.9 Å². The van der Waals surface area contributed by atoms with Gasteiger partial charge in [0, 0.05) is 30.4 Å². The molecule has 2 N–H and O–H groups in total. The molecule has 0 spiro atoms. The molecule has 0 atom stereocenters. The first-order chi connectivity index (χ1) is 8.11. The van der Waals surface area contributed by atoms with Gasteiger partial charge in [0.2, 0.25) is 0 Å². The lowest BCUT2D eigenvalue weighted by molar-refractivity contribution is 0.700. The van der Waals surface area contributed by atoms with E-state index < -0.39 is 0 Å². The molecule has 18 heavy (non-hydrogen) atoms. The van der Waals surface area contributed by atoms with Crippen LogP contribution in [0.25, 0.3) is 0 Å². The summed E-state index contributed by atoms with van der Waals surface area (Å²) in [7, 11) is 0. The standard InChI is InChI=1S/C12H20IN3S.HI/c1-4-14-12(16-9(2)3)15-8-7-10-5-6-11(13)17-10;/h5-6,9H,4,7-8H2,1-3H3,(H2,14,15,16);1H. The molecule has 0 bridgehead atoms. The summed E-state index contributed by atoms with van der Waals surface area (Å²) in [6.07, 6.45) is 1.02. The molecule has 1 aromatic heterocycles. The number of thiophene rings is 1. The third kappa shape index (κ3) is 7.78. The minimum absolute atomic E-state index is 0. The zero-order valence-electron chi connectivity index (χ0n) is 11.0. The first-order valence-corrected chi connectivity index (χ1v) is 7.80. The Morgan fingerprint density at radius 1 is 1.44 bits per heavy atom. The summed E-state index contributed by atoms with van der Waals surface area (Å²) in [5, 5.41) is 6.56. The van der Waals surface area contributed by atoms with E-state index in [9.17, 15) is 0 Å². The average Bonchev–Trinajstić information content (AvgIpc) is 2.63. The van der Waals surface area contributed by atoms with E-state index in [-0.39, 0.29) is 24.0 Å². The highest BCUT2D eigenvalue weighted by atomic mass is 127. The first-order valence-electron chi connectivity index (χ1n) is 5.91. The van der Waals surface area contributed by atoms with E-state index in [0.29, 0.717) is 6.04 Å². The summed E-state index contributed by atoms with van der Waals surface area (Å²) < 4.78 is 1.34. The van der Waals surface area contributed by atoms with Gasteiger partial charge in [-0.3, -0.25) is 4.99 Å². The van der Waals surface area contributed by atoms with Crippen LogP contribution in [-0.4, -0.2) is 25.1 Å². The van der Waals surface area contributed by atoms with E-state index in [1.807, 2.05) is 11.3 Å². The maximum Gasteiger partial charge on any atom is 0.191 e. The second-order valence-corrected chi connectivity index (χ2v) is 7.08. The second kappa shape index (κ2) is 10.2. The Labute approximate surface area is 144 Å². The Morgan fingerprint density at radius 3 is 2.67 bits per heavy atom. The van der Waals surface area contributed by atoms with Crippen molar-refractivity contribution in [3.8, 4) is 0 Å². The van der Waals surface area contributed by atoms with Crippen LogP contribution in [0.15, 0.2) is 17.1 Å². The number of nitrogens with one attached hydrogen (secondary N) is 2. The van der Waals surface area contributed by atoms with Crippen LogP contribution in [0.3, 0.4) is 0 Å². The van der Waals surface area contributed by atoms with Crippen molar-refractivity contribution in [3.05, 3.63) is 19.9 Å². The predicted octanol–water partition coefficient (Wildman–Crippen LogP) is 3.48. The normalized spacial score (nSPS) is 11.3. The molecule has 0 unspecified atom stereocenters. The summed E-state index contributed by atoms with van der Waals surface area (Å²) >= 11 is 4.20. The van der Waals surface area contributed by atoms with Gasteiger partial charge in [-0.2, -0.15) is 0 Å². The monoisotopic (exact) mass is 493 g/mol. The molecule has 0 aliphatic rings. The molecular weight excluding hydrogens is 472 g/mol. The number of nitrogens with zero attached hydrogens (tertiary/aromatic N) is 1. The third-order valence-electron chi connectivity index (χ3n) is 2.03. The van der Waals surface area contributed by atoms with Gasteiger partial charge in [0.1, 0.15) is 0 Å². The van der Waals surface area contributed by atoms with Crippen LogP contribution in [-0.2, 0) is 6.42 Å². The molecule has 0 aliphatic heterocycles. The molecule has 0 fully saturated rings. The Balaban J connectivity index is 0.00000289. The smallest absolute Gasteiger partial charge is 0.191 e. The lowest BCUT2D eigenvalue weighted by atomic mass is 10.3. The van der Waals surface area contributed by atoms with Crippen molar-refractivity contribution in [3.63, 3.8) is 0 Å². The van der Waals surface area contributed by atoms with E-state index in [1.54, 1.807) is 0 Å². The van der Waals surface area contributed by atoms with Gasteiger partial charge in [-0.1, -0.05) is 0 Å². The van der Waals surface area contributed by atoms with Crippen molar-refractivity contribution in [1.82, 2.24) is 10.6 Å². The van der Waals surface area contributed by atoms with E-state index in [2.05, 4.69) is 71.1 Å². The lowest BCUT2D eigenvalue weighted by Crippen LogP contribution is -2.41. The van der Waals surface area contributed by atoms with Gasteiger partial charge in [-0.05, 0) is 55.5 Å². The molecule has 1 aromatic rings. The van der Waals surface area contributed by atoms with Crippen molar-refractivity contribution in [1.29, 1.82) is 0 Å². The molecule has 0 saturated heterocycles. The number of halogens is 2. The Kier molecular flexibility index (Phi) is 10.5. The minimum atomic E-state index is 0. The third-order valence-corrected chi connectivity index (χ3v) is 3.98. The molecule has 0 saturated carbocycles. The quantitative estimate of drug-likeness (QED) is 0.375. The van der Waals surface area contributed by atoms with Crippen LogP contribution in [0.4, 0.5) is 0 Å². The summed E-state index contributed by atoms with van der Waals surface area (Å²) in [4.78, 5) is 5.96. The van der Waals surface area contributed by atoms with Crippen LogP contribution in [0.1, 0.15) is 25.6 Å². The van der Waals surface area contributed by atoms with Gasteiger partial charge in [0.15, 0.2) is 5.96 Å². The maximum atomic E-state index is 4.56. The van der Waals surface area contributed by atoms with E-state index in [0.717, 1.165) is 25.5 Å². The molecule has 0 amide bonds. The molecule has 0 radical (unpaired) electrons. The molecule has 3 nitrogen and oxygen atoms in total. The van der Waals surface area contributed by atoms with Gasteiger partial charge in [0.05, 0.1) is 2.88 Å². The molecule has 104 valence electrons. The zero-order chi connectivity index (χ0) is 12.7. The van der Waals surface area contributed by atoms with Crippen molar-refractivity contribution < 1.29 is 0 Å². The van der Waals surface area contributed by atoms with Crippen molar-refractivity contribution in [2.45, 2.75) is 33.2 Å². The van der Waals surface area contributed by atoms with Gasteiger partial charge in [-0.25, -0.2) is 0 Å². The molecule has 1 heterocycles. The zero-order valence-corrected chi connectivity index (χ0v) is 16.3. The predicted molar refractivity (Wildman–Crippen MR) is 100 cm³/mol. The van der Waals surface area contributed by atoms with E-state index in [1.165, 1.54) is 7.76 Å². The van der Waals surface area contributed by atoms with Crippen molar-refractivity contribution in [2.75, 3.05) is 13.1 Å². The molecule has 6 heteroatoms. The SMILES string of the molecule is CCNC(=NCCc1ccc(I)s1)NC(C)C.I. The van der Waals surface area contributed by atoms with Crippen LogP contribution < -0.4 is 10.6 Å². The fourth-order valence-electron chi connectivity index (χ4n) is 1.36. The topological polar surface area (TPSA) is 36.4 Å². The molecule has 0 aliphatic carbocycles. The largest absolute Gasteiger partial charge is 0.357 e. The first kappa shape index (κ1) is 18.4. The highest BCUT2D eigenvalue weighted by molar-refractivity contribution is 14.1. The van der Waals surface area contributed by atoms with Crippen molar-refractivity contribution >= 4 is 63.9 Å². The highest BCUT2D eigenvalue weighted by Gasteiger charge is 2.00. The Hall–Kier alpha value is 0.430. The van der Waals surface area contributed by atoms with Crippen LogP contribution in [0, 0.1) is 2.88 Å². The molecule has 0 aromatic carbocycles. The van der Waals surface area contributed by atoms with Crippen LogP contribution in [0.5, 0.6) is 0 Å². The van der Waals surface area contributed by atoms with Gasteiger partial charge >= 0.3 is 0 Å². The summed E-state index contributed by atoms with van der Waals surface area (Å²) in [5.74, 6) is 0.911. The number of rotatable bonds is 5. The van der Waals surface area contributed by atoms with Gasteiger partial charge in [-0.15, -0.1) is 35.3 Å². The number of guanidine groups is 1. The van der Waals surface area contributed by atoms with Gasteiger partial charge in [0.25, 0.3) is 0 Å². The van der Waals surface area contributed by atoms with Gasteiger partial charge < -0.3 is 10.6 Å². The minimum Gasteiger partial charge on any atom is -0.357 e. The molecule has 1 rings (SSSR count). The second-order valence-electron chi connectivity index (χ2n) is 4.02. The highest BCUT2D eigenvalue weighted by Crippen LogP contribution is 2.18. The van der Waals surface area contributed by atoms with E-state index >= 15 is 0 Å². The fraction of sp³-hybridized carbons (Fsp3) is 0.583.